The van der Waals surface area contributed by atoms with E-state index in [2.05, 4.69) is 15.3 Å². The molecule has 0 unspecified atom stereocenters. The topological polar surface area (TPSA) is 37.8 Å². The van der Waals surface area contributed by atoms with Crippen LogP contribution in [0.5, 0.6) is 0 Å². The third-order valence-corrected chi connectivity index (χ3v) is 5.87. The lowest BCUT2D eigenvalue weighted by Crippen LogP contribution is -2.49. The second-order valence-electron chi connectivity index (χ2n) is 7.52. The Morgan fingerprint density at radius 2 is 1.67 bits per heavy atom. The van der Waals surface area contributed by atoms with E-state index in [4.69, 9.17) is 0 Å². The van der Waals surface area contributed by atoms with Crippen LogP contribution < -0.4 is 5.32 Å². The van der Waals surface area contributed by atoms with Crippen molar-refractivity contribution in [1.29, 1.82) is 0 Å². The summed E-state index contributed by atoms with van der Waals surface area (Å²) >= 11 is 0. The molecule has 1 aromatic rings. The minimum Gasteiger partial charge on any atom is -0.368 e. The van der Waals surface area contributed by atoms with Crippen LogP contribution in [-0.2, 0) is 5.41 Å². The van der Waals surface area contributed by atoms with Crippen molar-refractivity contribution in [2.45, 2.75) is 57.8 Å². The Hall–Kier alpha value is -1.19. The molecule has 0 atom stereocenters. The second-order valence-corrected chi connectivity index (χ2v) is 7.52. The second kappa shape index (κ2) is 4.65. The van der Waals surface area contributed by atoms with Crippen molar-refractivity contribution < 1.29 is 4.39 Å². The van der Waals surface area contributed by atoms with Crippen LogP contribution in [0.15, 0.2) is 0 Å². The number of anilines is 1. The molecule has 21 heavy (non-hydrogen) atoms. The predicted octanol–water partition coefficient (Wildman–Crippen LogP) is 3.82. The van der Waals surface area contributed by atoms with Gasteiger partial charge in [-0.1, -0.05) is 0 Å². The van der Waals surface area contributed by atoms with Crippen LogP contribution in [0, 0.1) is 30.5 Å². The fraction of sp³-hybridized carbons (Fsp3) is 0.765. The number of hydrogen-bond donors (Lipinski definition) is 1. The first kappa shape index (κ1) is 13.5. The van der Waals surface area contributed by atoms with Crippen molar-refractivity contribution in [3.63, 3.8) is 0 Å². The molecular weight excluding hydrogens is 265 g/mol. The fourth-order valence-corrected chi connectivity index (χ4v) is 5.47. The van der Waals surface area contributed by atoms with Crippen LogP contribution in [0.4, 0.5) is 10.2 Å². The summed E-state index contributed by atoms with van der Waals surface area (Å²) in [7, 11) is 0. The number of nitrogens with one attached hydrogen (secondary N) is 1. The maximum Gasteiger partial charge on any atom is 0.186 e. The van der Waals surface area contributed by atoms with E-state index in [1.165, 1.54) is 38.5 Å². The molecule has 0 spiro atoms. The lowest BCUT2D eigenvalue weighted by atomic mass is 9.49. The van der Waals surface area contributed by atoms with Gasteiger partial charge in [-0.15, -0.1) is 0 Å². The Morgan fingerprint density at radius 3 is 2.19 bits per heavy atom. The molecule has 4 fully saturated rings. The van der Waals surface area contributed by atoms with E-state index in [1.54, 1.807) is 6.92 Å². The molecule has 4 aliphatic rings. The normalized spacial score (nSPS) is 37.0. The van der Waals surface area contributed by atoms with E-state index >= 15 is 0 Å². The summed E-state index contributed by atoms with van der Waals surface area (Å²) < 4.78 is 14.2. The van der Waals surface area contributed by atoms with E-state index in [-0.39, 0.29) is 11.2 Å². The van der Waals surface area contributed by atoms with Gasteiger partial charge in [0.25, 0.3) is 0 Å². The molecule has 0 aliphatic heterocycles. The van der Waals surface area contributed by atoms with Gasteiger partial charge < -0.3 is 5.32 Å². The Morgan fingerprint density at radius 1 is 1.10 bits per heavy atom. The van der Waals surface area contributed by atoms with E-state index in [0.29, 0.717) is 18.1 Å². The number of aryl methyl sites for hydroxylation is 1. The highest BCUT2D eigenvalue weighted by atomic mass is 19.1. The summed E-state index contributed by atoms with van der Waals surface area (Å²) in [4.78, 5) is 9.20. The smallest absolute Gasteiger partial charge is 0.186 e. The fourth-order valence-electron chi connectivity index (χ4n) is 5.47. The van der Waals surface area contributed by atoms with Gasteiger partial charge in [0.05, 0.1) is 5.69 Å². The highest BCUT2D eigenvalue weighted by molar-refractivity contribution is 5.39. The van der Waals surface area contributed by atoms with Crippen molar-refractivity contribution in [2.24, 2.45) is 17.8 Å². The van der Waals surface area contributed by atoms with Crippen molar-refractivity contribution in [2.75, 3.05) is 11.9 Å². The minimum absolute atomic E-state index is 0.136. The first-order chi connectivity index (χ1) is 10.1. The van der Waals surface area contributed by atoms with Crippen molar-refractivity contribution in [3.05, 3.63) is 17.3 Å². The monoisotopic (exact) mass is 289 g/mol. The zero-order chi connectivity index (χ0) is 14.6. The highest BCUT2D eigenvalue weighted by Gasteiger charge is 2.53. The summed E-state index contributed by atoms with van der Waals surface area (Å²) in [5.41, 5.74) is 0.629. The Bertz CT molecular complexity index is 534. The largest absolute Gasteiger partial charge is 0.368 e. The molecule has 0 saturated heterocycles. The third kappa shape index (κ3) is 2.06. The molecule has 1 heterocycles. The van der Waals surface area contributed by atoms with Crippen molar-refractivity contribution in [1.82, 2.24) is 9.97 Å². The van der Waals surface area contributed by atoms with E-state index in [0.717, 1.165) is 23.6 Å². The molecule has 4 bridgehead atoms. The molecule has 0 radical (unpaired) electrons. The number of nitrogens with zero attached hydrogens (tertiary/aromatic N) is 2. The first-order valence-electron chi connectivity index (χ1n) is 8.38. The summed E-state index contributed by atoms with van der Waals surface area (Å²) in [6.45, 7) is 4.43. The van der Waals surface area contributed by atoms with Gasteiger partial charge in [0.15, 0.2) is 11.6 Å². The van der Waals surface area contributed by atoms with Crippen LogP contribution in [0.3, 0.4) is 0 Å². The van der Waals surface area contributed by atoms with Crippen LogP contribution in [-0.4, -0.2) is 16.5 Å². The van der Waals surface area contributed by atoms with E-state index in [1.807, 2.05) is 6.92 Å². The molecule has 3 nitrogen and oxygen atoms in total. The van der Waals surface area contributed by atoms with Gasteiger partial charge in [0.1, 0.15) is 5.82 Å². The van der Waals surface area contributed by atoms with E-state index in [9.17, 15) is 4.39 Å². The predicted molar refractivity (Wildman–Crippen MR) is 80.7 cm³/mol. The molecule has 4 aliphatic carbocycles. The molecule has 4 saturated carbocycles. The minimum atomic E-state index is -0.287. The first-order valence-corrected chi connectivity index (χ1v) is 8.38. The third-order valence-electron chi connectivity index (χ3n) is 5.87. The van der Waals surface area contributed by atoms with Crippen molar-refractivity contribution in [3.8, 4) is 0 Å². The molecule has 0 amide bonds. The van der Waals surface area contributed by atoms with Crippen LogP contribution in [0.2, 0.25) is 0 Å². The van der Waals surface area contributed by atoms with Crippen LogP contribution in [0.1, 0.15) is 57.0 Å². The zero-order valence-electron chi connectivity index (χ0n) is 13.0. The number of halogens is 1. The van der Waals surface area contributed by atoms with E-state index < -0.39 is 0 Å². The summed E-state index contributed by atoms with van der Waals surface area (Å²) in [5.74, 6) is 3.59. The highest BCUT2D eigenvalue weighted by Crippen LogP contribution is 2.60. The van der Waals surface area contributed by atoms with Gasteiger partial charge in [0.2, 0.25) is 0 Å². The van der Waals surface area contributed by atoms with Gasteiger partial charge in [-0.05, 0) is 70.1 Å². The number of aromatic nitrogens is 2. The number of hydrogen-bond acceptors (Lipinski definition) is 3. The molecule has 5 rings (SSSR count). The standard InChI is InChI=1S/C17H24FN3/c1-3-19-15-14(18)10(2)20-16(21-15)17-7-11-4-12(8-17)6-13(5-11)9-17/h11-13H,3-9H2,1-2H3,(H,19,20,21). The maximum atomic E-state index is 14.2. The molecule has 114 valence electrons. The van der Waals surface area contributed by atoms with Gasteiger partial charge in [0, 0.05) is 12.0 Å². The molecule has 0 aromatic carbocycles. The molecular formula is C17H24FN3. The van der Waals surface area contributed by atoms with Crippen LogP contribution >= 0.6 is 0 Å². The molecule has 1 N–H and O–H groups in total. The Labute approximate surface area is 125 Å². The van der Waals surface area contributed by atoms with Gasteiger partial charge in [-0.2, -0.15) is 0 Å². The summed E-state index contributed by atoms with van der Waals surface area (Å²) in [6.07, 6.45) is 7.86. The molecule has 1 aromatic heterocycles. The van der Waals surface area contributed by atoms with Gasteiger partial charge >= 0.3 is 0 Å². The average Bonchev–Trinajstić information content (AvgIpc) is 2.42. The van der Waals surface area contributed by atoms with Gasteiger partial charge in [-0.25, -0.2) is 14.4 Å². The Kier molecular flexibility index (Phi) is 2.98. The summed E-state index contributed by atoms with van der Waals surface area (Å²) in [6, 6.07) is 0. The van der Waals surface area contributed by atoms with Crippen molar-refractivity contribution >= 4 is 5.82 Å². The van der Waals surface area contributed by atoms with Gasteiger partial charge in [-0.3, -0.25) is 0 Å². The number of rotatable bonds is 3. The maximum absolute atomic E-state index is 14.2. The zero-order valence-corrected chi connectivity index (χ0v) is 13.0. The lowest BCUT2D eigenvalue weighted by molar-refractivity contribution is -0.00948. The average molecular weight is 289 g/mol. The SMILES string of the molecule is CCNc1nc(C23CC4CC(CC(C4)C2)C3)nc(C)c1F. The lowest BCUT2D eigenvalue weighted by Gasteiger charge is -2.56. The quantitative estimate of drug-likeness (QED) is 0.919. The molecule has 4 heteroatoms. The Balaban J connectivity index is 1.76. The summed E-state index contributed by atoms with van der Waals surface area (Å²) in [5, 5.41) is 3.06. The van der Waals surface area contributed by atoms with Crippen LogP contribution in [0.25, 0.3) is 0 Å².